The zero-order valence-electron chi connectivity index (χ0n) is 4.49. The number of hydrogen-bond donors (Lipinski definition) is 2. The van der Waals surface area contributed by atoms with E-state index >= 15 is 0 Å². The fraction of sp³-hybridized carbons (Fsp3) is 0.200. The van der Waals surface area contributed by atoms with Gasteiger partial charge in [-0.3, -0.25) is 0 Å². The number of dihydropyridines is 1. The Morgan fingerprint density at radius 1 is 1.56 bits per heavy atom. The second-order valence-electron chi connectivity index (χ2n) is 1.60. The van der Waals surface area contributed by atoms with Crippen LogP contribution in [0.4, 0.5) is 0 Å². The lowest BCUT2D eigenvalue weighted by molar-refractivity contribution is 0.419. The molecule has 50 valence electrons. The highest BCUT2D eigenvalue weighted by atomic mass is 35.5. The van der Waals surface area contributed by atoms with Gasteiger partial charge < -0.3 is 10.4 Å². The first-order valence-electron chi connectivity index (χ1n) is 2.40. The monoisotopic (exact) mass is 165 g/mol. The SMILES string of the molecule is OC1=C(Cl)NCC=C1Cl. The van der Waals surface area contributed by atoms with Gasteiger partial charge in [0.15, 0.2) is 5.76 Å². The van der Waals surface area contributed by atoms with Crippen molar-refractivity contribution in [3.05, 3.63) is 22.0 Å². The highest BCUT2D eigenvalue weighted by Gasteiger charge is 2.09. The standard InChI is InChI=1S/C5H5Cl2NO/c6-3-1-2-8-5(7)4(3)9/h1,8-9H,2H2. The summed E-state index contributed by atoms with van der Waals surface area (Å²) in [4.78, 5) is 0. The maximum atomic E-state index is 8.93. The average molecular weight is 166 g/mol. The molecule has 0 aromatic rings. The molecule has 0 atom stereocenters. The van der Waals surface area contributed by atoms with Crippen molar-refractivity contribution in [1.29, 1.82) is 0 Å². The molecule has 0 aromatic carbocycles. The number of halogens is 2. The molecule has 0 fully saturated rings. The lowest BCUT2D eigenvalue weighted by atomic mass is 10.3. The quantitative estimate of drug-likeness (QED) is 0.536. The van der Waals surface area contributed by atoms with Gasteiger partial charge in [0.05, 0.1) is 5.03 Å². The Labute approximate surface area is 62.8 Å². The lowest BCUT2D eigenvalue weighted by Gasteiger charge is -2.09. The number of aliphatic hydroxyl groups is 1. The van der Waals surface area contributed by atoms with E-state index in [9.17, 15) is 0 Å². The van der Waals surface area contributed by atoms with Gasteiger partial charge in [0, 0.05) is 6.54 Å². The summed E-state index contributed by atoms with van der Waals surface area (Å²) in [5, 5.41) is 12.1. The Bertz CT molecular complexity index is 185. The van der Waals surface area contributed by atoms with Crippen molar-refractivity contribution in [2.24, 2.45) is 0 Å². The van der Waals surface area contributed by atoms with E-state index in [2.05, 4.69) is 5.32 Å². The summed E-state index contributed by atoms with van der Waals surface area (Å²) >= 11 is 10.9. The maximum absolute atomic E-state index is 8.93. The van der Waals surface area contributed by atoms with Crippen molar-refractivity contribution in [2.75, 3.05) is 6.54 Å². The molecule has 0 aromatic heterocycles. The largest absolute Gasteiger partial charge is 0.504 e. The Hall–Kier alpha value is -0.340. The molecule has 0 unspecified atom stereocenters. The lowest BCUT2D eigenvalue weighted by Crippen LogP contribution is -2.15. The van der Waals surface area contributed by atoms with Crippen LogP contribution in [0, 0.1) is 0 Å². The van der Waals surface area contributed by atoms with Crippen LogP contribution in [0.15, 0.2) is 22.0 Å². The summed E-state index contributed by atoms with van der Waals surface area (Å²) in [6.45, 7) is 0.571. The predicted octanol–water partition coefficient (Wildman–Crippen LogP) is 1.68. The first-order valence-corrected chi connectivity index (χ1v) is 3.16. The van der Waals surface area contributed by atoms with E-state index in [0.717, 1.165) is 0 Å². The van der Waals surface area contributed by atoms with Gasteiger partial charge in [0.1, 0.15) is 5.16 Å². The molecule has 0 saturated carbocycles. The second-order valence-corrected chi connectivity index (χ2v) is 2.38. The number of rotatable bonds is 0. The second kappa shape index (κ2) is 2.50. The minimum Gasteiger partial charge on any atom is -0.504 e. The number of hydrogen-bond acceptors (Lipinski definition) is 2. The Balaban J connectivity index is 2.88. The molecule has 0 saturated heterocycles. The molecule has 4 heteroatoms. The molecule has 2 N–H and O–H groups in total. The van der Waals surface area contributed by atoms with Gasteiger partial charge in [-0.05, 0) is 6.08 Å². The van der Waals surface area contributed by atoms with Crippen LogP contribution >= 0.6 is 23.2 Å². The van der Waals surface area contributed by atoms with E-state index in [-0.39, 0.29) is 10.9 Å². The van der Waals surface area contributed by atoms with Gasteiger partial charge in [-0.2, -0.15) is 0 Å². The van der Waals surface area contributed by atoms with Gasteiger partial charge >= 0.3 is 0 Å². The summed E-state index contributed by atoms with van der Waals surface area (Å²) < 4.78 is 0. The van der Waals surface area contributed by atoms with Gasteiger partial charge in [0.2, 0.25) is 0 Å². The van der Waals surface area contributed by atoms with Crippen molar-refractivity contribution in [2.45, 2.75) is 0 Å². The Kier molecular flexibility index (Phi) is 1.88. The molecule has 2 nitrogen and oxygen atoms in total. The molecular weight excluding hydrogens is 161 g/mol. The molecule has 0 aliphatic carbocycles. The van der Waals surface area contributed by atoms with Crippen LogP contribution in [0.25, 0.3) is 0 Å². The Morgan fingerprint density at radius 3 is 2.67 bits per heavy atom. The molecular formula is C5H5Cl2NO. The van der Waals surface area contributed by atoms with Gasteiger partial charge in [-0.15, -0.1) is 0 Å². The fourth-order valence-corrected chi connectivity index (χ4v) is 0.914. The van der Waals surface area contributed by atoms with Crippen molar-refractivity contribution in [1.82, 2.24) is 5.32 Å². The third-order valence-electron chi connectivity index (χ3n) is 0.973. The molecule has 0 radical (unpaired) electrons. The first kappa shape index (κ1) is 6.78. The molecule has 9 heavy (non-hydrogen) atoms. The van der Waals surface area contributed by atoms with E-state index in [1.54, 1.807) is 6.08 Å². The summed E-state index contributed by atoms with van der Waals surface area (Å²) in [5.74, 6) is -0.0791. The van der Waals surface area contributed by atoms with E-state index in [0.29, 0.717) is 11.6 Å². The molecule has 0 amide bonds. The molecule has 1 aliphatic rings. The molecule has 1 aliphatic heterocycles. The summed E-state index contributed by atoms with van der Waals surface area (Å²) in [7, 11) is 0. The average Bonchev–Trinajstić information content (AvgIpc) is 1.83. The first-order chi connectivity index (χ1) is 4.22. The normalized spacial score (nSPS) is 19.1. The number of allylic oxidation sites excluding steroid dienone is 1. The van der Waals surface area contributed by atoms with Gasteiger partial charge in [-0.1, -0.05) is 23.2 Å². The molecule has 0 bridgehead atoms. The van der Waals surface area contributed by atoms with Crippen LogP contribution in [0.5, 0.6) is 0 Å². The van der Waals surface area contributed by atoms with Crippen molar-refractivity contribution < 1.29 is 5.11 Å². The van der Waals surface area contributed by atoms with Crippen molar-refractivity contribution in [3.8, 4) is 0 Å². The van der Waals surface area contributed by atoms with Crippen LogP contribution < -0.4 is 5.32 Å². The third kappa shape index (κ3) is 1.32. The van der Waals surface area contributed by atoms with E-state index in [1.165, 1.54) is 0 Å². The minimum absolute atomic E-state index is 0.0791. The van der Waals surface area contributed by atoms with Crippen molar-refractivity contribution in [3.63, 3.8) is 0 Å². The van der Waals surface area contributed by atoms with Crippen LogP contribution in [0.2, 0.25) is 0 Å². The molecule has 0 spiro atoms. The van der Waals surface area contributed by atoms with Crippen LogP contribution in [0.1, 0.15) is 0 Å². The third-order valence-corrected chi connectivity index (χ3v) is 1.62. The van der Waals surface area contributed by atoms with Crippen LogP contribution in [-0.2, 0) is 0 Å². The van der Waals surface area contributed by atoms with Crippen molar-refractivity contribution >= 4 is 23.2 Å². The summed E-state index contributed by atoms with van der Waals surface area (Å²) in [6.07, 6.45) is 1.64. The summed E-state index contributed by atoms with van der Waals surface area (Å²) in [5.41, 5.74) is 0. The predicted molar refractivity (Wildman–Crippen MR) is 37.4 cm³/mol. The van der Waals surface area contributed by atoms with Crippen LogP contribution in [0.3, 0.4) is 0 Å². The summed E-state index contributed by atoms with van der Waals surface area (Å²) in [6, 6.07) is 0. The fourth-order valence-electron chi connectivity index (χ4n) is 0.515. The highest BCUT2D eigenvalue weighted by Crippen LogP contribution is 2.19. The van der Waals surface area contributed by atoms with E-state index < -0.39 is 0 Å². The minimum atomic E-state index is -0.0791. The topological polar surface area (TPSA) is 32.3 Å². The maximum Gasteiger partial charge on any atom is 0.169 e. The molecule has 1 rings (SSSR count). The van der Waals surface area contributed by atoms with Gasteiger partial charge in [0.25, 0.3) is 0 Å². The van der Waals surface area contributed by atoms with E-state index in [4.69, 9.17) is 28.3 Å². The van der Waals surface area contributed by atoms with Gasteiger partial charge in [-0.25, -0.2) is 0 Å². The van der Waals surface area contributed by atoms with E-state index in [1.807, 2.05) is 0 Å². The highest BCUT2D eigenvalue weighted by molar-refractivity contribution is 6.35. The number of aliphatic hydroxyl groups excluding tert-OH is 1. The molecule has 1 heterocycles. The van der Waals surface area contributed by atoms with Crippen LogP contribution in [-0.4, -0.2) is 11.7 Å². The smallest absolute Gasteiger partial charge is 0.169 e. The Morgan fingerprint density at radius 2 is 2.22 bits per heavy atom. The zero-order chi connectivity index (χ0) is 6.85. The zero-order valence-corrected chi connectivity index (χ0v) is 6.00. The number of nitrogens with one attached hydrogen (secondary N) is 1.